The Balaban J connectivity index is 0.000000269. The van der Waals surface area contributed by atoms with E-state index in [0.29, 0.717) is 0 Å². The number of anilines is 1. The van der Waals surface area contributed by atoms with Crippen molar-refractivity contribution in [3.8, 4) is 0 Å². The van der Waals surface area contributed by atoms with E-state index in [2.05, 4.69) is 48.4 Å². The molecule has 3 aromatic rings. The molecule has 3 rings (SSSR count). The van der Waals surface area contributed by atoms with Crippen molar-refractivity contribution >= 4 is 23.1 Å². The fourth-order valence-corrected chi connectivity index (χ4v) is 2.30. The molecule has 0 unspecified atom stereocenters. The van der Waals surface area contributed by atoms with Gasteiger partial charge in [-0.1, -0.05) is 65.2 Å². The van der Waals surface area contributed by atoms with E-state index in [1.54, 1.807) is 7.05 Å². The Morgan fingerprint density at radius 3 is 1.80 bits per heavy atom. The highest BCUT2D eigenvalue weighted by atomic mass is 35.5. The van der Waals surface area contributed by atoms with E-state index in [1.807, 2.05) is 54.6 Å². The van der Waals surface area contributed by atoms with Gasteiger partial charge in [0.1, 0.15) is 5.84 Å². The smallest absolute Gasteiger partial charge is 0.132 e. The molecule has 0 amide bonds. The van der Waals surface area contributed by atoms with Gasteiger partial charge in [0.15, 0.2) is 0 Å². The molecule has 0 aliphatic heterocycles. The average Bonchev–Trinajstić information content (AvgIpc) is 2.63. The number of nitrogens with one attached hydrogen (secondary N) is 1. The van der Waals surface area contributed by atoms with Crippen LogP contribution in [0.3, 0.4) is 0 Å². The number of aliphatic imine (C=N–C) groups is 1. The third-order valence-corrected chi connectivity index (χ3v) is 3.85. The summed E-state index contributed by atoms with van der Waals surface area (Å²) >= 11 is 5.88. The van der Waals surface area contributed by atoms with E-state index in [1.165, 1.54) is 11.1 Å². The lowest BCUT2D eigenvalue weighted by Crippen LogP contribution is -2.13. The number of nitrogens with zero attached hydrogens (tertiary/aromatic N) is 1. The van der Waals surface area contributed by atoms with Crippen molar-refractivity contribution < 1.29 is 0 Å². The van der Waals surface area contributed by atoms with Gasteiger partial charge in [0.2, 0.25) is 0 Å². The van der Waals surface area contributed by atoms with Gasteiger partial charge in [0.05, 0.1) is 0 Å². The van der Waals surface area contributed by atoms with Crippen LogP contribution in [0.4, 0.5) is 5.69 Å². The van der Waals surface area contributed by atoms with Crippen LogP contribution in [-0.4, -0.2) is 12.9 Å². The summed E-state index contributed by atoms with van der Waals surface area (Å²) in [5, 5.41) is 4.02. The molecule has 2 nitrogen and oxygen atoms in total. The zero-order chi connectivity index (χ0) is 18.1. The summed E-state index contributed by atoms with van der Waals surface area (Å²) < 4.78 is 0. The summed E-state index contributed by atoms with van der Waals surface area (Å²) in [5.41, 5.74) is 4.60. The fraction of sp³-hybridized carbons (Fsp3) is 0.136. The van der Waals surface area contributed by atoms with Gasteiger partial charge in [-0.3, -0.25) is 4.99 Å². The SMILES string of the molecule is CN=C(Nc1ccc(C)cc1)c1ccc(Cl)cc1.Cc1ccccc1. The van der Waals surface area contributed by atoms with E-state index in [9.17, 15) is 0 Å². The molecule has 0 saturated heterocycles. The first kappa shape index (κ1) is 18.8. The second kappa shape index (κ2) is 9.65. The van der Waals surface area contributed by atoms with Crippen LogP contribution in [0.1, 0.15) is 16.7 Å². The molecule has 3 aromatic carbocycles. The maximum atomic E-state index is 5.88. The highest BCUT2D eigenvalue weighted by molar-refractivity contribution is 6.30. The first-order valence-electron chi connectivity index (χ1n) is 8.16. The van der Waals surface area contributed by atoms with Gasteiger partial charge in [-0.2, -0.15) is 0 Å². The lowest BCUT2D eigenvalue weighted by Gasteiger charge is -2.10. The molecule has 0 aromatic heterocycles. The summed E-state index contributed by atoms with van der Waals surface area (Å²) in [4.78, 5) is 4.27. The van der Waals surface area contributed by atoms with Crippen molar-refractivity contribution in [1.29, 1.82) is 0 Å². The molecular formula is C22H23ClN2. The summed E-state index contributed by atoms with van der Waals surface area (Å²) in [5.74, 6) is 0.829. The van der Waals surface area contributed by atoms with Crippen molar-refractivity contribution in [2.45, 2.75) is 13.8 Å². The molecule has 0 radical (unpaired) electrons. The van der Waals surface area contributed by atoms with E-state index in [0.717, 1.165) is 22.1 Å². The topological polar surface area (TPSA) is 24.4 Å². The number of rotatable bonds is 2. The largest absolute Gasteiger partial charge is 0.340 e. The van der Waals surface area contributed by atoms with Gasteiger partial charge in [-0.15, -0.1) is 0 Å². The van der Waals surface area contributed by atoms with Crippen LogP contribution < -0.4 is 5.32 Å². The number of halogens is 1. The van der Waals surface area contributed by atoms with E-state index < -0.39 is 0 Å². The number of aryl methyl sites for hydroxylation is 2. The van der Waals surface area contributed by atoms with Gasteiger partial charge in [-0.25, -0.2) is 0 Å². The molecule has 128 valence electrons. The minimum atomic E-state index is 0.726. The summed E-state index contributed by atoms with van der Waals surface area (Å²) in [6.07, 6.45) is 0. The van der Waals surface area contributed by atoms with Gasteiger partial charge in [-0.05, 0) is 50.2 Å². The Kier molecular flexibility index (Phi) is 7.24. The van der Waals surface area contributed by atoms with Gasteiger partial charge < -0.3 is 5.32 Å². The second-order valence-corrected chi connectivity index (χ2v) is 6.16. The van der Waals surface area contributed by atoms with Gasteiger partial charge >= 0.3 is 0 Å². The molecule has 0 aliphatic rings. The minimum absolute atomic E-state index is 0.726. The third kappa shape index (κ3) is 6.44. The Morgan fingerprint density at radius 1 is 0.760 bits per heavy atom. The zero-order valence-electron chi connectivity index (χ0n) is 14.8. The quantitative estimate of drug-likeness (QED) is 0.436. The van der Waals surface area contributed by atoms with Crippen molar-refractivity contribution in [3.63, 3.8) is 0 Å². The molecule has 1 N–H and O–H groups in total. The van der Waals surface area contributed by atoms with E-state index >= 15 is 0 Å². The monoisotopic (exact) mass is 350 g/mol. The van der Waals surface area contributed by atoms with Crippen molar-refractivity contribution in [1.82, 2.24) is 0 Å². The molecule has 3 heteroatoms. The highest BCUT2D eigenvalue weighted by Crippen LogP contribution is 2.14. The average molecular weight is 351 g/mol. The van der Waals surface area contributed by atoms with Crippen LogP contribution in [-0.2, 0) is 0 Å². The van der Waals surface area contributed by atoms with Crippen molar-refractivity contribution in [2.24, 2.45) is 4.99 Å². The molecular weight excluding hydrogens is 328 g/mol. The Bertz CT molecular complexity index is 792. The number of hydrogen-bond acceptors (Lipinski definition) is 1. The van der Waals surface area contributed by atoms with Crippen LogP contribution in [0, 0.1) is 13.8 Å². The first-order chi connectivity index (χ1) is 12.1. The Hall–Kier alpha value is -2.58. The zero-order valence-corrected chi connectivity index (χ0v) is 15.6. The van der Waals surface area contributed by atoms with Crippen LogP contribution in [0.2, 0.25) is 5.02 Å². The summed E-state index contributed by atoms with van der Waals surface area (Å²) in [6, 6.07) is 26.1. The van der Waals surface area contributed by atoms with Crippen molar-refractivity contribution in [3.05, 3.63) is 101 Å². The Morgan fingerprint density at radius 2 is 1.32 bits per heavy atom. The number of amidine groups is 1. The van der Waals surface area contributed by atoms with E-state index in [4.69, 9.17) is 11.6 Å². The third-order valence-electron chi connectivity index (χ3n) is 3.60. The van der Waals surface area contributed by atoms with Crippen LogP contribution >= 0.6 is 11.6 Å². The lowest BCUT2D eigenvalue weighted by molar-refractivity contribution is 1.40. The molecule has 0 spiro atoms. The highest BCUT2D eigenvalue weighted by Gasteiger charge is 2.02. The maximum absolute atomic E-state index is 5.88. The van der Waals surface area contributed by atoms with Gasteiger partial charge in [0, 0.05) is 23.3 Å². The Labute approximate surface area is 155 Å². The maximum Gasteiger partial charge on any atom is 0.132 e. The summed E-state index contributed by atoms with van der Waals surface area (Å²) in [6.45, 7) is 4.15. The van der Waals surface area contributed by atoms with Gasteiger partial charge in [0.25, 0.3) is 0 Å². The molecule has 0 atom stereocenters. The standard InChI is InChI=1S/C15H15ClN2.C7H8/c1-11-3-9-14(10-4-11)18-15(17-2)12-5-7-13(16)8-6-12;1-7-5-3-2-4-6-7/h3-10H,1-2H3,(H,17,18);2-6H,1H3. The lowest BCUT2D eigenvalue weighted by atomic mass is 10.2. The van der Waals surface area contributed by atoms with Crippen LogP contribution in [0.15, 0.2) is 83.9 Å². The predicted molar refractivity (Wildman–Crippen MR) is 110 cm³/mol. The molecule has 0 fully saturated rings. The summed E-state index contributed by atoms with van der Waals surface area (Å²) in [7, 11) is 1.77. The van der Waals surface area contributed by atoms with Crippen LogP contribution in [0.25, 0.3) is 0 Å². The van der Waals surface area contributed by atoms with E-state index in [-0.39, 0.29) is 0 Å². The predicted octanol–water partition coefficient (Wildman–Crippen LogP) is 6.13. The first-order valence-corrected chi connectivity index (χ1v) is 8.54. The number of hydrogen-bond donors (Lipinski definition) is 1. The molecule has 0 saturated carbocycles. The number of benzene rings is 3. The molecule has 0 aliphatic carbocycles. The fourth-order valence-electron chi connectivity index (χ4n) is 2.17. The molecule has 0 bridgehead atoms. The minimum Gasteiger partial charge on any atom is -0.340 e. The second-order valence-electron chi connectivity index (χ2n) is 5.72. The normalized spacial score (nSPS) is 10.6. The molecule has 0 heterocycles. The molecule has 25 heavy (non-hydrogen) atoms. The van der Waals surface area contributed by atoms with Crippen LogP contribution in [0.5, 0.6) is 0 Å². The van der Waals surface area contributed by atoms with Crippen molar-refractivity contribution in [2.75, 3.05) is 12.4 Å².